The lowest BCUT2D eigenvalue weighted by Gasteiger charge is -2.26. The second kappa shape index (κ2) is 12.9. The Morgan fingerprint density at radius 1 is 0.897 bits per heavy atom. The van der Waals surface area contributed by atoms with Crippen molar-refractivity contribution in [2.45, 2.75) is 20.0 Å². The molecule has 0 spiro atoms. The number of fused-ring (bicyclic) bond motifs is 1. The fraction of sp³-hybridized carbons (Fsp3) is 0.407. The molecule has 206 valence electrons. The van der Waals surface area contributed by atoms with Gasteiger partial charge < -0.3 is 23.8 Å². The van der Waals surface area contributed by atoms with E-state index in [-0.39, 0.29) is 5.75 Å². The summed E-state index contributed by atoms with van der Waals surface area (Å²) in [7, 11) is 0. The molecule has 0 radical (unpaired) electrons. The zero-order valence-corrected chi connectivity index (χ0v) is 21.6. The van der Waals surface area contributed by atoms with Crippen LogP contribution in [-0.4, -0.2) is 83.9 Å². The van der Waals surface area contributed by atoms with Crippen molar-refractivity contribution < 1.29 is 27.7 Å². The second-order valence-corrected chi connectivity index (χ2v) is 8.89. The van der Waals surface area contributed by atoms with Gasteiger partial charge in [0.25, 0.3) is 0 Å². The van der Waals surface area contributed by atoms with Crippen molar-refractivity contribution in [1.82, 2.24) is 24.6 Å². The van der Waals surface area contributed by atoms with Crippen LogP contribution in [0.2, 0.25) is 0 Å². The summed E-state index contributed by atoms with van der Waals surface area (Å²) in [5, 5.41) is 4.75. The van der Waals surface area contributed by atoms with Crippen LogP contribution in [0, 0.1) is 6.92 Å². The molecule has 2 fully saturated rings. The molecule has 0 unspecified atom stereocenters. The molecule has 4 aromatic rings. The van der Waals surface area contributed by atoms with Gasteiger partial charge in [0, 0.05) is 43.0 Å². The minimum absolute atomic E-state index is 0.144. The van der Waals surface area contributed by atoms with E-state index in [0.29, 0.717) is 42.5 Å². The van der Waals surface area contributed by atoms with Gasteiger partial charge in [-0.3, -0.25) is 0 Å². The van der Waals surface area contributed by atoms with E-state index >= 15 is 0 Å². The Hall–Kier alpha value is -3.74. The summed E-state index contributed by atoms with van der Waals surface area (Å²) in [6, 6.07) is 10.5. The third kappa shape index (κ3) is 6.83. The molecule has 3 aromatic heterocycles. The highest BCUT2D eigenvalue weighted by atomic mass is 19.3. The van der Waals surface area contributed by atoms with Gasteiger partial charge >= 0.3 is 6.61 Å². The molecule has 2 aliphatic rings. The molecule has 0 atom stereocenters. The first-order valence-corrected chi connectivity index (χ1v) is 12.8. The number of morpholine rings is 1. The highest BCUT2D eigenvalue weighted by Gasteiger charge is 2.17. The summed E-state index contributed by atoms with van der Waals surface area (Å²) in [5.74, 6) is 0.808. The standard InChI is InChI=1S/C23H22F2N6O2.C4H8O2/c1-15-19(12-16-4-2-3-5-20(16)33-22(24)25)31-21(28-15)7-6-18(29-31)17-13-26-23(27-14-17)30-8-10-32-11-9-30;1-2-6-4-3-5-1/h2-7,13-14,22H,8-12H2,1H3;1-4H2. The van der Waals surface area contributed by atoms with E-state index in [1.54, 1.807) is 35.1 Å². The van der Waals surface area contributed by atoms with Gasteiger partial charge in [-0.1, -0.05) is 18.2 Å². The normalized spacial score (nSPS) is 15.7. The van der Waals surface area contributed by atoms with Crippen LogP contribution in [0.25, 0.3) is 16.9 Å². The topological polar surface area (TPSA) is 96.1 Å². The van der Waals surface area contributed by atoms with Crippen molar-refractivity contribution in [2.24, 2.45) is 0 Å². The largest absolute Gasteiger partial charge is 0.435 e. The minimum Gasteiger partial charge on any atom is -0.435 e. The number of para-hydroxylation sites is 1. The van der Waals surface area contributed by atoms with Crippen LogP contribution in [0.15, 0.2) is 48.8 Å². The van der Waals surface area contributed by atoms with Crippen molar-refractivity contribution in [1.29, 1.82) is 0 Å². The van der Waals surface area contributed by atoms with E-state index in [0.717, 1.165) is 56.5 Å². The lowest BCUT2D eigenvalue weighted by Crippen LogP contribution is -2.37. The van der Waals surface area contributed by atoms with Gasteiger partial charge in [-0.05, 0) is 25.1 Å². The van der Waals surface area contributed by atoms with E-state index < -0.39 is 6.61 Å². The smallest absolute Gasteiger partial charge is 0.387 e. The van der Waals surface area contributed by atoms with Crippen LogP contribution < -0.4 is 9.64 Å². The lowest BCUT2D eigenvalue weighted by atomic mass is 10.1. The molecule has 39 heavy (non-hydrogen) atoms. The summed E-state index contributed by atoms with van der Waals surface area (Å²) in [6.45, 7) is 4.95. The molecule has 0 N–H and O–H groups in total. The van der Waals surface area contributed by atoms with Crippen LogP contribution in [-0.2, 0) is 20.6 Å². The zero-order valence-electron chi connectivity index (χ0n) is 21.6. The maximum atomic E-state index is 12.8. The van der Waals surface area contributed by atoms with Gasteiger partial charge in [-0.25, -0.2) is 19.5 Å². The number of benzene rings is 1. The molecule has 10 nitrogen and oxygen atoms in total. The number of nitrogens with zero attached hydrogens (tertiary/aromatic N) is 6. The first-order valence-electron chi connectivity index (χ1n) is 12.8. The molecule has 2 aliphatic heterocycles. The highest BCUT2D eigenvalue weighted by molar-refractivity contribution is 5.59. The molecular weight excluding hydrogens is 510 g/mol. The predicted molar refractivity (Wildman–Crippen MR) is 139 cm³/mol. The minimum atomic E-state index is -2.89. The van der Waals surface area contributed by atoms with Gasteiger partial charge in [0.15, 0.2) is 5.65 Å². The van der Waals surface area contributed by atoms with E-state index in [2.05, 4.69) is 24.6 Å². The third-order valence-electron chi connectivity index (χ3n) is 6.29. The number of aryl methyl sites for hydroxylation is 1. The fourth-order valence-corrected chi connectivity index (χ4v) is 4.31. The molecule has 6 rings (SSSR count). The highest BCUT2D eigenvalue weighted by Crippen LogP contribution is 2.26. The van der Waals surface area contributed by atoms with Crippen LogP contribution in [0.4, 0.5) is 14.7 Å². The zero-order chi connectivity index (χ0) is 27.0. The number of aromatic nitrogens is 5. The Bertz CT molecular complexity index is 1350. The summed E-state index contributed by atoms with van der Waals surface area (Å²) in [5.41, 5.74) is 4.32. The van der Waals surface area contributed by atoms with Gasteiger partial charge in [0.1, 0.15) is 5.75 Å². The number of imidazole rings is 1. The van der Waals surface area contributed by atoms with Crippen molar-refractivity contribution >= 4 is 11.6 Å². The lowest BCUT2D eigenvalue weighted by molar-refractivity contribution is -0.0504. The van der Waals surface area contributed by atoms with E-state index in [1.807, 2.05) is 19.1 Å². The molecule has 2 saturated heterocycles. The number of ether oxygens (including phenoxy) is 4. The summed E-state index contributed by atoms with van der Waals surface area (Å²) < 4.78 is 47.3. The average Bonchev–Trinajstić information content (AvgIpc) is 3.29. The second-order valence-electron chi connectivity index (χ2n) is 8.89. The molecule has 0 saturated carbocycles. The summed E-state index contributed by atoms with van der Waals surface area (Å²) >= 11 is 0. The van der Waals surface area contributed by atoms with E-state index in [4.69, 9.17) is 19.3 Å². The first-order chi connectivity index (χ1) is 19.1. The molecule has 12 heteroatoms. The number of rotatable bonds is 6. The van der Waals surface area contributed by atoms with Crippen LogP contribution in [0.3, 0.4) is 0 Å². The van der Waals surface area contributed by atoms with Gasteiger partial charge in [-0.15, -0.1) is 0 Å². The summed E-state index contributed by atoms with van der Waals surface area (Å²) in [4.78, 5) is 15.7. The Kier molecular flexibility index (Phi) is 8.86. The van der Waals surface area contributed by atoms with Crippen molar-refractivity contribution in [3.8, 4) is 17.0 Å². The van der Waals surface area contributed by atoms with Crippen molar-refractivity contribution in [3.63, 3.8) is 0 Å². The molecule has 0 bridgehead atoms. The maximum absolute atomic E-state index is 12.8. The molecule has 0 amide bonds. The Morgan fingerprint density at radius 2 is 1.56 bits per heavy atom. The predicted octanol–water partition coefficient (Wildman–Crippen LogP) is 3.56. The van der Waals surface area contributed by atoms with Crippen molar-refractivity contribution in [2.75, 3.05) is 57.6 Å². The molecule has 5 heterocycles. The van der Waals surface area contributed by atoms with Gasteiger partial charge in [0.2, 0.25) is 5.95 Å². The molecular formula is C27H30F2N6O4. The fourth-order valence-electron chi connectivity index (χ4n) is 4.31. The van der Waals surface area contributed by atoms with E-state index in [9.17, 15) is 8.78 Å². The maximum Gasteiger partial charge on any atom is 0.387 e. The number of halogens is 2. The summed E-state index contributed by atoms with van der Waals surface area (Å²) in [6.07, 6.45) is 3.85. The molecule has 0 aliphatic carbocycles. The first kappa shape index (κ1) is 26.9. The van der Waals surface area contributed by atoms with Crippen LogP contribution in [0.5, 0.6) is 5.75 Å². The van der Waals surface area contributed by atoms with Crippen molar-refractivity contribution in [3.05, 3.63) is 65.7 Å². The Balaban J connectivity index is 0.000000455. The number of hydrogen-bond donors (Lipinski definition) is 0. The quantitative estimate of drug-likeness (QED) is 0.364. The average molecular weight is 541 g/mol. The Morgan fingerprint density at radius 3 is 2.23 bits per heavy atom. The number of hydrogen-bond acceptors (Lipinski definition) is 9. The number of anilines is 1. The SMILES string of the molecule is C1COCCO1.Cc1nc2ccc(-c3cnc(N4CCOCC4)nc3)nn2c1Cc1ccccc1OC(F)F. The van der Waals surface area contributed by atoms with Crippen LogP contribution in [0.1, 0.15) is 17.0 Å². The Labute approximate surface area is 224 Å². The van der Waals surface area contributed by atoms with E-state index in [1.165, 1.54) is 6.07 Å². The monoisotopic (exact) mass is 540 g/mol. The van der Waals surface area contributed by atoms with Crippen LogP contribution >= 0.6 is 0 Å². The number of alkyl halides is 2. The van der Waals surface area contributed by atoms with Gasteiger partial charge in [-0.2, -0.15) is 13.9 Å². The van der Waals surface area contributed by atoms with Gasteiger partial charge in [0.05, 0.1) is 56.7 Å². The third-order valence-corrected chi connectivity index (χ3v) is 6.29. The molecule has 1 aromatic carbocycles.